The number of aliphatic hydroxyl groups is 1. The Hall–Kier alpha value is -1.33. The van der Waals surface area contributed by atoms with Crippen LogP contribution in [0.25, 0.3) is 0 Å². The van der Waals surface area contributed by atoms with E-state index in [4.69, 9.17) is 14.2 Å². The maximum atomic E-state index is 12.5. The summed E-state index contributed by atoms with van der Waals surface area (Å²) in [5.74, 6) is -0.245. The molecule has 0 unspecified atom stereocenters. The molecule has 5 nitrogen and oxygen atoms in total. The third-order valence-electron chi connectivity index (χ3n) is 3.78. The van der Waals surface area contributed by atoms with Gasteiger partial charge in [-0.05, 0) is 25.3 Å². The highest BCUT2D eigenvalue weighted by Crippen LogP contribution is 2.55. The van der Waals surface area contributed by atoms with E-state index in [1.165, 1.54) is 14.2 Å². The lowest BCUT2D eigenvalue weighted by atomic mass is 9.85. The molecule has 1 saturated carbocycles. The zero-order chi connectivity index (χ0) is 13.6. The molecule has 2 rings (SSSR count). The van der Waals surface area contributed by atoms with Gasteiger partial charge < -0.3 is 19.3 Å². The van der Waals surface area contributed by atoms with E-state index in [1.54, 1.807) is 6.92 Å². The summed E-state index contributed by atoms with van der Waals surface area (Å²) < 4.78 is 15.9. The van der Waals surface area contributed by atoms with Crippen LogP contribution < -0.4 is 0 Å². The summed E-state index contributed by atoms with van der Waals surface area (Å²) in [5.41, 5.74) is -2.43. The number of fused-ring (bicyclic) bond motifs is 1. The summed E-state index contributed by atoms with van der Waals surface area (Å²) in [5, 5.41) is 10.9. The zero-order valence-electron chi connectivity index (χ0n) is 10.9. The van der Waals surface area contributed by atoms with Gasteiger partial charge in [0.15, 0.2) is 17.0 Å². The molecular formula is C13H18O5. The fourth-order valence-electron chi connectivity index (χ4n) is 2.96. The van der Waals surface area contributed by atoms with Gasteiger partial charge in [0.05, 0.1) is 14.2 Å². The molecule has 2 aliphatic carbocycles. The van der Waals surface area contributed by atoms with Crippen molar-refractivity contribution in [1.29, 1.82) is 0 Å². The summed E-state index contributed by atoms with van der Waals surface area (Å²) in [6.07, 6.45) is 0.904. The molecule has 0 bridgehead atoms. The van der Waals surface area contributed by atoms with E-state index in [-0.39, 0.29) is 17.3 Å². The number of ether oxygens (including phenoxy) is 3. The Kier molecular flexibility index (Phi) is 2.99. The first kappa shape index (κ1) is 13.1. The van der Waals surface area contributed by atoms with Crippen molar-refractivity contribution in [2.75, 3.05) is 20.8 Å². The van der Waals surface area contributed by atoms with Crippen molar-refractivity contribution < 1.29 is 24.1 Å². The normalized spacial score (nSPS) is 35.1. The van der Waals surface area contributed by atoms with E-state index in [0.29, 0.717) is 25.0 Å². The minimum absolute atomic E-state index is 0.0225. The monoisotopic (exact) mass is 254 g/mol. The highest BCUT2D eigenvalue weighted by molar-refractivity contribution is 6.07. The van der Waals surface area contributed by atoms with Crippen molar-refractivity contribution in [2.45, 2.75) is 31.0 Å². The second kappa shape index (κ2) is 4.10. The van der Waals surface area contributed by atoms with E-state index in [0.717, 1.165) is 0 Å². The van der Waals surface area contributed by atoms with Crippen LogP contribution in [0.2, 0.25) is 0 Å². The van der Waals surface area contributed by atoms with Gasteiger partial charge in [0.25, 0.3) is 0 Å². The molecule has 0 heterocycles. The first-order valence-electron chi connectivity index (χ1n) is 5.91. The Bertz CT molecular complexity index is 439. The standard InChI is InChI=1S/C13H18O5/c1-5-18-12-7-6-8(2)13(12,15)11(17-4)9(16-3)10(12)14/h15H,2,5-7H2,1,3-4H3/t12-,13+/m0/s1. The second-order valence-corrected chi connectivity index (χ2v) is 4.47. The maximum Gasteiger partial charge on any atom is 0.236 e. The fraction of sp³-hybridized carbons (Fsp3) is 0.615. The average Bonchev–Trinajstić information content (AvgIpc) is 2.71. The van der Waals surface area contributed by atoms with Gasteiger partial charge in [0.1, 0.15) is 0 Å². The number of ketones is 1. The fourth-order valence-corrected chi connectivity index (χ4v) is 2.96. The summed E-state index contributed by atoms with van der Waals surface area (Å²) in [4.78, 5) is 12.5. The quantitative estimate of drug-likeness (QED) is 0.756. The molecule has 0 aromatic heterocycles. The lowest BCUT2D eigenvalue weighted by Crippen LogP contribution is -2.54. The molecule has 0 spiro atoms. The minimum Gasteiger partial charge on any atom is -0.494 e. The molecule has 0 saturated heterocycles. The number of carbonyl (C=O) groups is 1. The number of Topliss-reactive ketones (excluding diaryl/α,β-unsaturated/α-hetero) is 1. The molecule has 5 heteroatoms. The lowest BCUT2D eigenvalue weighted by Gasteiger charge is -2.35. The Morgan fingerprint density at radius 1 is 1.39 bits per heavy atom. The Labute approximate surface area is 106 Å². The predicted molar refractivity (Wildman–Crippen MR) is 63.7 cm³/mol. The van der Waals surface area contributed by atoms with Gasteiger partial charge in [-0.1, -0.05) is 6.58 Å². The van der Waals surface area contributed by atoms with Gasteiger partial charge in [-0.3, -0.25) is 4.79 Å². The van der Waals surface area contributed by atoms with Crippen LogP contribution >= 0.6 is 0 Å². The Morgan fingerprint density at radius 2 is 2.06 bits per heavy atom. The molecule has 2 aliphatic rings. The summed E-state index contributed by atoms with van der Waals surface area (Å²) in [6, 6.07) is 0. The third kappa shape index (κ3) is 1.21. The summed E-state index contributed by atoms with van der Waals surface area (Å²) >= 11 is 0. The molecule has 0 aromatic carbocycles. The first-order chi connectivity index (χ1) is 8.49. The number of carbonyl (C=O) groups excluding carboxylic acids is 1. The molecule has 0 aliphatic heterocycles. The van der Waals surface area contributed by atoms with Crippen molar-refractivity contribution in [3.05, 3.63) is 23.7 Å². The van der Waals surface area contributed by atoms with Crippen molar-refractivity contribution in [1.82, 2.24) is 0 Å². The molecule has 0 radical (unpaired) electrons. The second-order valence-electron chi connectivity index (χ2n) is 4.47. The third-order valence-corrected chi connectivity index (χ3v) is 3.78. The van der Waals surface area contributed by atoms with Crippen LogP contribution in [0, 0.1) is 0 Å². The molecule has 18 heavy (non-hydrogen) atoms. The number of hydrogen-bond donors (Lipinski definition) is 1. The van der Waals surface area contributed by atoms with E-state index < -0.39 is 11.2 Å². The molecule has 1 N–H and O–H groups in total. The Morgan fingerprint density at radius 3 is 2.56 bits per heavy atom. The lowest BCUT2D eigenvalue weighted by molar-refractivity contribution is -0.162. The average molecular weight is 254 g/mol. The topological polar surface area (TPSA) is 65.0 Å². The SMILES string of the molecule is C=C1CC[C@]2(OCC)C(=O)C(OC)=C(OC)[C@]12O. The number of methoxy groups -OCH3 is 2. The van der Waals surface area contributed by atoms with Gasteiger partial charge in [-0.15, -0.1) is 0 Å². The minimum atomic E-state index is -1.61. The van der Waals surface area contributed by atoms with Gasteiger partial charge >= 0.3 is 0 Å². The van der Waals surface area contributed by atoms with Crippen LogP contribution in [-0.4, -0.2) is 42.9 Å². The Balaban J connectivity index is 2.64. The molecule has 0 aromatic rings. The van der Waals surface area contributed by atoms with Gasteiger partial charge in [0.2, 0.25) is 11.5 Å². The number of hydrogen-bond acceptors (Lipinski definition) is 5. The molecule has 0 amide bonds. The maximum absolute atomic E-state index is 12.5. The van der Waals surface area contributed by atoms with Gasteiger partial charge in [-0.25, -0.2) is 0 Å². The van der Waals surface area contributed by atoms with Crippen molar-refractivity contribution >= 4 is 5.78 Å². The van der Waals surface area contributed by atoms with Crippen LogP contribution in [0.4, 0.5) is 0 Å². The van der Waals surface area contributed by atoms with Crippen molar-refractivity contribution in [3.63, 3.8) is 0 Å². The highest BCUT2D eigenvalue weighted by atomic mass is 16.6. The van der Waals surface area contributed by atoms with Gasteiger partial charge in [0, 0.05) is 6.61 Å². The molecular weight excluding hydrogens is 236 g/mol. The zero-order valence-corrected chi connectivity index (χ0v) is 10.9. The smallest absolute Gasteiger partial charge is 0.236 e. The van der Waals surface area contributed by atoms with Crippen molar-refractivity contribution in [2.24, 2.45) is 0 Å². The van der Waals surface area contributed by atoms with E-state index in [1.807, 2.05) is 0 Å². The highest BCUT2D eigenvalue weighted by Gasteiger charge is 2.71. The van der Waals surface area contributed by atoms with Crippen LogP contribution in [0.1, 0.15) is 19.8 Å². The van der Waals surface area contributed by atoms with Crippen LogP contribution in [0.3, 0.4) is 0 Å². The van der Waals surface area contributed by atoms with Crippen LogP contribution in [-0.2, 0) is 19.0 Å². The summed E-state index contributed by atoms with van der Waals surface area (Å²) in [7, 11) is 2.77. The van der Waals surface area contributed by atoms with Crippen LogP contribution in [0.5, 0.6) is 0 Å². The largest absolute Gasteiger partial charge is 0.494 e. The first-order valence-corrected chi connectivity index (χ1v) is 5.91. The molecule has 1 fully saturated rings. The van der Waals surface area contributed by atoms with E-state index >= 15 is 0 Å². The summed E-state index contributed by atoms with van der Waals surface area (Å²) in [6.45, 7) is 5.94. The predicted octanol–water partition coefficient (Wildman–Crippen LogP) is 0.930. The molecule has 2 atom stereocenters. The van der Waals surface area contributed by atoms with Crippen molar-refractivity contribution in [3.8, 4) is 0 Å². The molecule has 100 valence electrons. The van der Waals surface area contributed by atoms with E-state index in [2.05, 4.69) is 6.58 Å². The van der Waals surface area contributed by atoms with E-state index in [9.17, 15) is 9.90 Å². The van der Waals surface area contributed by atoms with Crippen LogP contribution in [0.15, 0.2) is 23.7 Å². The number of rotatable bonds is 4. The van der Waals surface area contributed by atoms with Gasteiger partial charge in [-0.2, -0.15) is 0 Å².